The molecule has 2 nitrogen and oxygen atoms in total. The molecule has 0 radical (unpaired) electrons. The van der Waals surface area contributed by atoms with Crippen LogP contribution in [0.1, 0.15) is 62.7 Å². The lowest BCUT2D eigenvalue weighted by Gasteiger charge is -2.32. The Bertz CT molecular complexity index is 429. The predicted molar refractivity (Wildman–Crippen MR) is 82.2 cm³/mol. The number of fused-ring (bicyclic) bond motifs is 1. The standard InChI is InChI=1S/C14H24N2S2/c1-13(2,3)17-8-11-16-10-7-14(4,5)6-9(15)12(10)18-11/h9H,6-8,15H2,1-5H3. The van der Waals surface area contributed by atoms with Crippen LogP contribution in [0.3, 0.4) is 0 Å². The van der Waals surface area contributed by atoms with Crippen molar-refractivity contribution in [3.63, 3.8) is 0 Å². The van der Waals surface area contributed by atoms with Crippen molar-refractivity contribution in [2.75, 3.05) is 0 Å². The van der Waals surface area contributed by atoms with Gasteiger partial charge in [0.15, 0.2) is 0 Å². The zero-order valence-corrected chi connectivity index (χ0v) is 13.7. The number of thioether (sulfide) groups is 1. The number of hydrogen-bond donors (Lipinski definition) is 1. The van der Waals surface area contributed by atoms with Crippen LogP contribution >= 0.6 is 23.1 Å². The zero-order chi connectivity index (χ0) is 13.6. The summed E-state index contributed by atoms with van der Waals surface area (Å²) in [5.74, 6) is 1.01. The van der Waals surface area contributed by atoms with E-state index in [4.69, 9.17) is 10.7 Å². The Kier molecular flexibility index (Phi) is 3.83. The summed E-state index contributed by atoms with van der Waals surface area (Å²) in [4.78, 5) is 6.15. The molecule has 1 aliphatic carbocycles. The van der Waals surface area contributed by atoms with Crippen LogP contribution in [-0.4, -0.2) is 9.73 Å². The molecule has 0 saturated heterocycles. The fourth-order valence-corrected chi connectivity index (χ4v) is 4.30. The van der Waals surface area contributed by atoms with E-state index >= 15 is 0 Å². The van der Waals surface area contributed by atoms with Crippen molar-refractivity contribution in [2.24, 2.45) is 11.1 Å². The summed E-state index contributed by atoms with van der Waals surface area (Å²) in [6.45, 7) is 11.3. The first-order valence-corrected chi connectivity index (χ1v) is 8.34. The van der Waals surface area contributed by atoms with Crippen LogP contribution in [0, 0.1) is 5.41 Å². The number of thiazole rings is 1. The van der Waals surface area contributed by atoms with E-state index in [9.17, 15) is 0 Å². The normalized spacial score (nSPS) is 22.9. The molecule has 1 aliphatic rings. The number of hydrogen-bond acceptors (Lipinski definition) is 4. The minimum Gasteiger partial charge on any atom is -0.323 e. The Balaban J connectivity index is 2.14. The Morgan fingerprint density at radius 3 is 2.72 bits per heavy atom. The van der Waals surface area contributed by atoms with Crippen LogP contribution in [-0.2, 0) is 12.2 Å². The average Bonchev–Trinajstić information content (AvgIpc) is 2.55. The summed E-state index contributed by atoms with van der Waals surface area (Å²) in [5.41, 5.74) is 7.84. The van der Waals surface area contributed by atoms with Gasteiger partial charge in [0.1, 0.15) is 5.01 Å². The average molecular weight is 284 g/mol. The SMILES string of the molecule is CC1(C)Cc2nc(CSC(C)(C)C)sc2C(N)C1. The first-order valence-electron chi connectivity index (χ1n) is 6.54. The number of aromatic nitrogens is 1. The van der Waals surface area contributed by atoms with Crippen molar-refractivity contribution in [2.45, 2.75) is 64.0 Å². The van der Waals surface area contributed by atoms with Crippen molar-refractivity contribution in [1.29, 1.82) is 0 Å². The van der Waals surface area contributed by atoms with E-state index in [1.165, 1.54) is 15.6 Å². The van der Waals surface area contributed by atoms with E-state index in [0.29, 0.717) is 10.2 Å². The molecule has 0 spiro atoms. The third-order valence-corrected chi connectivity index (χ3v) is 5.85. The quantitative estimate of drug-likeness (QED) is 0.887. The van der Waals surface area contributed by atoms with E-state index in [2.05, 4.69) is 34.6 Å². The van der Waals surface area contributed by atoms with Crippen LogP contribution in [0.25, 0.3) is 0 Å². The first kappa shape index (κ1) is 14.4. The summed E-state index contributed by atoms with van der Waals surface area (Å²) < 4.78 is 0.299. The predicted octanol–water partition coefficient (Wildman–Crippen LogP) is 4.15. The third-order valence-electron chi connectivity index (χ3n) is 3.16. The summed E-state index contributed by atoms with van der Waals surface area (Å²) in [6, 6.07) is 0.189. The Morgan fingerprint density at radius 1 is 1.44 bits per heavy atom. The molecule has 1 heterocycles. The summed E-state index contributed by atoms with van der Waals surface area (Å²) in [5, 5.41) is 1.24. The molecule has 102 valence electrons. The zero-order valence-electron chi connectivity index (χ0n) is 12.0. The molecule has 1 unspecified atom stereocenters. The minimum absolute atomic E-state index is 0.189. The molecule has 1 atom stereocenters. The molecular formula is C14H24N2S2. The van der Waals surface area contributed by atoms with Gasteiger partial charge in [-0.05, 0) is 18.3 Å². The fraction of sp³-hybridized carbons (Fsp3) is 0.786. The maximum atomic E-state index is 6.28. The molecule has 0 aliphatic heterocycles. The van der Waals surface area contributed by atoms with E-state index in [0.717, 1.165) is 18.6 Å². The van der Waals surface area contributed by atoms with Crippen molar-refractivity contribution in [3.8, 4) is 0 Å². The van der Waals surface area contributed by atoms with Crippen LogP contribution in [0.2, 0.25) is 0 Å². The van der Waals surface area contributed by atoms with Gasteiger partial charge in [-0.25, -0.2) is 4.98 Å². The van der Waals surface area contributed by atoms with Crippen LogP contribution in [0.4, 0.5) is 0 Å². The monoisotopic (exact) mass is 284 g/mol. The van der Waals surface area contributed by atoms with Crippen molar-refractivity contribution in [1.82, 2.24) is 4.98 Å². The van der Waals surface area contributed by atoms with Crippen LogP contribution < -0.4 is 5.73 Å². The van der Waals surface area contributed by atoms with E-state index < -0.39 is 0 Å². The van der Waals surface area contributed by atoms with Gasteiger partial charge < -0.3 is 5.73 Å². The lowest BCUT2D eigenvalue weighted by molar-refractivity contribution is 0.282. The maximum Gasteiger partial charge on any atom is 0.103 e. The smallest absolute Gasteiger partial charge is 0.103 e. The van der Waals surface area contributed by atoms with Gasteiger partial charge in [-0.15, -0.1) is 23.1 Å². The third kappa shape index (κ3) is 3.49. The van der Waals surface area contributed by atoms with E-state index in [-0.39, 0.29) is 6.04 Å². The van der Waals surface area contributed by atoms with Gasteiger partial charge in [-0.1, -0.05) is 34.6 Å². The molecule has 0 bridgehead atoms. The van der Waals surface area contributed by atoms with Crippen molar-refractivity contribution in [3.05, 3.63) is 15.6 Å². The van der Waals surface area contributed by atoms with E-state index in [1.54, 1.807) is 0 Å². The summed E-state index contributed by atoms with van der Waals surface area (Å²) in [6.07, 6.45) is 2.15. The molecule has 0 fully saturated rings. The second kappa shape index (κ2) is 4.80. The van der Waals surface area contributed by atoms with Crippen LogP contribution in [0.5, 0.6) is 0 Å². The molecule has 1 aromatic heterocycles. The molecule has 0 aromatic carbocycles. The Hall–Kier alpha value is -0.0600. The van der Waals surface area contributed by atoms with Gasteiger partial charge in [0.05, 0.1) is 5.69 Å². The highest BCUT2D eigenvalue weighted by atomic mass is 32.2. The molecule has 0 amide bonds. The summed E-state index contributed by atoms with van der Waals surface area (Å²) >= 11 is 3.79. The van der Waals surface area contributed by atoms with Gasteiger partial charge >= 0.3 is 0 Å². The molecule has 2 rings (SSSR count). The van der Waals surface area contributed by atoms with Crippen molar-refractivity contribution < 1.29 is 0 Å². The largest absolute Gasteiger partial charge is 0.323 e. The molecule has 1 aromatic rings. The van der Waals surface area contributed by atoms with Crippen LogP contribution in [0.15, 0.2) is 0 Å². The van der Waals surface area contributed by atoms with Gasteiger partial charge in [0.2, 0.25) is 0 Å². The minimum atomic E-state index is 0.189. The molecule has 4 heteroatoms. The van der Waals surface area contributed by atoms with Gasteiger partial charge in [-0.3, -0.25) is 0 Å². The fourth-order valence-electron chi connectivity index (χ4n) is 2.38. The van der Waals surface area contributed by atoms with E-state index in [1.807, 2.05) is 23.1 Å². The molecule has 2 N–H and O–H groups in total. The number of rotatable bonds is 2. The Labute approximate surface area is 119 Å². The summed E-state index contributed by atoms with van der Waals surface area (Å²) in [7, 11) is 0. The topological polar surface area (TPSA) is 38.9 Å². The highest BCUT2D eigenvalue weighted by molar-refractivity contribution is 7.99. The second-order valence-corrected chi connectivity index (χ2v) is 9.89. The van der Waals surface area contributed by atoms with Gasteiger partial charge in [0, 0.05) is 21.4 Å². The lowest BCUT2D eigenvalue weighted by atomic mass is 9.77. The second-order valence-electron chi connectivity index (χ2n) is 6.97. The van der Waals surface area contributed by atoms with Gasteiger partial charge in [-0.2, -0.15) is 0 Å². The molecule has 18 heavy (non-hydrogen) atoms. The molecular weight excluding hydrogens is 260 g/mol. The number of nitrogens with zero attached hydrogens (tertiary/aromatic N) is 1. The highest BCUT2D eigenvalue weighted by Crippen LogP contribution is 2.42. The maximum absolute atomic E-state index is 6.28. The lowest BCUT2D eigenvalue weighted by Crippen LogP contribution is -2.28. The number of nitrogens with two attached hydrogens (primary N) is 1. The van der Waals surface area contributed by atoms with Gasteiger partial charge in [0.25, 0.3) is 0 Å². The van der Waals surface area contributed by atoms with Crippen molar-refractivity contribution >= 4 is 23.1 Å². The Morgan fingerprint density at radius 2 is 2.11 bits per heavy atom. The highest BCUT2D eigenvalue weighted by Gasteiger charge is 2.33. The first-order chi connectivity index (χ1) is 8.16. The molecule has 0 saturated carbocycles.